The summed E-state index contributed by atoms with van der Waals surface area (Å²) in [5, 5.41) is 4.40. The number of methoxy groups -OCH3 is 2. The lowest BCUT2D eigenvalue weighted by molar-refractivity contribution is -0.115. The van der Waals surface area contributed by atoms with E-state index in [2.05, 4.69) is 14.9 Å². The number of thioether (sulfide) groups is 1. The first-order valence-electron chi connectivity index (χ1n) is 8.82. The molecule has 1 N–H and O–H groups in total. The van der Waals surface area contributed by atoms with Crippen LogP contribution in [0.3, 0.4) is 0 Å². The summed E-state index contributed by atoms with van der Waals surface area (Å²) < 4.78 is 12.4. The molecule has 8 heteroatoms. The van der Waals surface area contributed by atoms with Gasteiger partial charge in [-0.1, -0.05) is 23.4 Å². The third-order valence-electron chi connectivity index (χ3n) is 4.13. The Balaban J connectivity index is 1.61. The lowest BCUT2D eigenvalue weighted by Crippen LogP contribution is -2.12. The van der Waals surface area contributed by atoms with E-state index in [1.165, 1.54) is 0 Å². The Bertz CT molecular complexity index is 944. The van der Waals surface area contributed by atoms with E-state index in [1.54, 1.807) is 26.0 Å². The Labute approximate surface area is 173 Å². The molecule has 0 atom stereocenters. The van der Waals surface area contributed by atoms with Crippen LogP contribution in [0.2, 0.25) is 5.02 Å². The molecule has 0 unspecified atom stereocenters. The standard InChI is InChI=1S/C20H22ClN3O3S/c1-26-11-10-24-18-8-3-14(21)13-17(18)23-20(24)28-12-9-19(25)22-15-4-6-16(27-2)7-5-15/h3-8,13H,9-12H2,1-2H3,(H,22,25). The van der Waals surface area contributed by atoms with Crippen LogP contribution in [0, 0.1) is 0 Å². The topological polar surface area (TPSA) is 65.4 Å². The van der Waals surface area contributed by atoms with Crippen LogP contribution in [0.25, 0.3) is 11.0 Å². The average molecular weight is 420 g/mol. The van der Waals surface area contributed by atoms with E-state index in [0.717, 1.165) is 27.6 Å². The number of imidazole rings is 1. The molecule has 6 nitrogen and oxygen atoms in total. The zero-order valence-electron chi connectivity index (χ0n) is 15.8. The van der Waals surface area contributed by atoms with Gasteiger partial charge in [0.1, 0.15) is 5.75 Å². The zero-order chi connectivity index (χ0) is 19.9. The maximum Gasteiger partial charge on any atom is 0.225 e. The molecule has 28 heavy (non-hydrogen) atoms. The molecular formula is C20H22ClN3O3S. The molecular weight excluding hydrogens is 398 g/mol. The Hall–Kier alpha value is -2.22. The molecule has 0 bridgehead atoms. The number of halogens is 1. The van der Waals surface area contributed by atoms with Crippen LogP contribution in [-0.2, 0) is 16.1 Å². The number of nitrogens with zero attached hydrogens (tertiary/aromatic N) is 2. The molecule has 0 saturated carbocycles. The van der Waals surface area contributed by atoms with Gasteiger partial charge in [0.15, 0.2) is 5.16 Å². The summed E-state index contributed by atoms with van der Waals surface area (Å²) in [5.41, 5.74) is 2.60. The highest BCUT2D eigenvalue weighted by atomic mass is 35.5. The van der Waals surface area contributed by atoms with E-state index in [1.807, 2.05) is 42.5 Å². The normalized spacial score (nSPS) is 11.0. The average Bonchev–Trinajstić information content (AvgIpc) is 3.03. The first kappa shape index (κ1) is 20.5. The lowest BCUT2D eigenvalue weighted by atomic mass is 10.3. The van der Waals surface area contributed by atoms with E-state index in [0.29, 0.717) is 30.3 Å². The highest BCUT2D eigenvalue weighted by molar-refractivity contribution is 7.99. The number of hydrogen-bond acceptors (Lipinski definition) is 5. The lowest BCUT2D eigenvalue weighted by Gasteiger charge is -2.09. The molecule has 1 aromatic heterocycles. The number of carbonyl (C=O) groups excluding carboxylic acids is 1. The monoisotopic (exact) mass is 419 g/mol. The fraction of sp³-hybridized carbons (Fsp3) is 0.300. The summed E-state index contributed by atoms with van der Waals surface area (Å²) in [7, 11) is 3.28. The molecule has 0 fully saturated rings. The van der Waals surface area contributed by atoms with Gasteiger partial charge >= 0.3 is 0 Å². The van der Waals surface area contributed by atoms with Crippen LogP contribution in [0.15, 0.2) is 47.6 Å². The van der Waals surface area contributed by atoms with Crippen molar-refractivity contribution < 1.29 is 14.3 Å². The van der Waals surface area contributed by atoms with Crippen molar-refractivity contribution in [1.82, 2.24) is 9.55 Å². The summed E-state index contributed by atoms with van der Waals surface area (Å²) in [6, 6.07) is 12.9. The second-order valence-corrected chi connectivity index (χ2v) is 7.55. The number of aromatic nitrogens is 2. The van der Waals surface area contributed by atoms with E-state index >= 15 is 0 Å². The van der Waals surface area contributed by atoms with Gasteiger partial charge in [0.2, 0.25) is 5.91 Å². The SMILES string of the molecule is COCCn1c(SCCC(=O)Nc2ccc(OC)cc2)nc2cc(Cl)ccc21. The van der Waals surface area contributed by atoms with Crippen LogP contribution in [-0.4, -0.2) is 42.0 Å². The molecule has 0 aliphatic rings. The maximum absolute atomic E-state index is 12.2. The van der Waals surface area contributed by atoms with Gasteiger partial charge in [0.25, 0.3) is 0 Å². The van der Waals surface area contributed by atoms with Gasteiger partial charge < -0.3 is 19.4 Å². The minimum atomic E-state index is -0.0414. The molecule has 0 radical (unpaired) electrons. The van der Waals surface area contributed by atoms with Crippen molar-refractivity contribution in [2.24, 2.45) is 0 Å². The number of anilines is 1. The number of benzene rings is 2. The Morgan fingerprint density at radius 1 is 1.21 bits per heavy atom. The molecule has 2 aromatic carbocycles. The highest BCUT2D eigenvalue weighted by Crippen LogP contribution is 2.27. The molecule has 0 spiro atoms. The Morgan fingerprint density at radius 2 is 2.00 bits per heavy atom. The maximum atomic E-state index is 12.2. The van der Waals surface area contributed by atoms with Crippen LogP contribution in [0.4, 0.5) is 5.69 Å². The van der Waals surface area contributed by atoms with E-state index < -0.39 is 0 Å². The summed E-state index contributed by atoms with van der Waals surface area (Å²) >= 11 is 7.63. The minimum Gasteiger partial charge on any atom is -0.497 e. The predicted molar refractivity (Wildman–Crippen MR) is 114 cm³/mol. The van der Waals surface area contributed by atoms with E-state index in [4.69, 9.17) is 21.1 Å². The van der Waals surface area contributed by atoms with Gasteiger partial charge in [-0.25, -0.2) is 4.98 Å². The van der Waals surface area contributed by atoms with Gasteiger partial charge in [-0.15, -0.1) is 0 Å². The second-order valence-electron chi connectivity index (χ2n) is 6.05. The summed E-state index contributed by atoms with van der Waals surface area (Å²) in [5.74, 6) is 1.33. The number of nitrogens with one attached hydrogen (secondary N) is 1. The van der Waals surface area contributed by atoms with Crippen LogP contribution >= 0.6 is 23.4 Å². The molecule has 148 valence electrons. The number of hydrogen-bond donors (Lipinski definition) is 1. The smallest absolute Gasteiger partial charge is 0.225 e. The van der Waals surface area contributed by atoms with Crippen molar-refractivity contribution in [3.8, 4) is 5.75 Å². The summed E-state index contributed by atoms with van der Waals surface area (Å²) in [4.78, 5) is 16.9. The van der Waals surface area contributed by atoms with Crippen molar-refractivity contribution in [2.45, 2.75) is 18.1 Å². The van der Waals surface area contributed by atoms with Crippen LogP contribution < -0.4 is 10.1 Å². The molecule has 0 aliphatic carbocycles. The zero-order valence-corrected chi connectivity index (χ0v) is 17.3. The molecule has 1 amide bonds. The number of rotatable bonds is 9. The van der Waals surface area contributed by atoms with Crippen LogP contribution in [0.5, 0.6) is 5.75 Å². The van der Waals surface area contributed by atoms with E-state index in [-0.39, 0.29) is 5.91 Å². The third-order valence-corrected chi connectivity index (χ3v) is 5.34. The number of fused-ring (bicyclic) bond motifs is 1. The van der Waals surface area contributed by atoms with Gasteiger partial charge in [0.05, 0.1) is 24.8 Å². The number of amides is 1. The van der Waals surface area contributed by atoms with Gasteiger partial charge in [-0.2, -0.15) is 0 Å². The van der Waals surface area contributed by atoms with Gasteiger partial charge in [0, 0.05) is 36.5 Å². The minimum absolute atomic E-state index is 0.0414. The Morgan fingerprint density at radius 3 is 2.71 bits per heavy atom. The number of carbonyl (C=O) groups is 1. The van der Waals surface area contributed by atoms with Crippen molar-refractivity contribution in [3.05, 3.63) is 47.5 Å². The van der Waals surface area contributed by atoms with Gasteiger partial charge in [-0.05, 0) is 42.5 Å². The molecule has 1 heterocycles. The predicted octanol–water partition coefficient (Wildman–Crippen LogP) is 4.47. The second kappa shape index (κ2) is 9.82. The molecule has 3 rings (SSSR count). The van der Waals surface area contributed by atoms with Crippen molar-refractivity contribution >= 4 is 46.0 Å². The quantitative estimate of drug-likeness (QED) is 0.518. The van der Waals surface area contributed by atoms with Crippen molar-refractivity contribution in [2.75, 3.05) is 31.9 Å². The largest absolute Gasteiger partial charge is 0.497 e. The van der Waals surface area contributed by atoms with Crippen molar-refractivity contribution in [1.29, 1.82) is 0 Å². The highest BCUT2D eigenvalue weighted by Gasteiger charge is 2.12. The molecule has 0 aliphatic heterocycles. The first-order chi connectivity index (χ1) is 13.6. The molecule has 0 saturated heterocycles. The van der Waals surface area contributed by atoms with Crippen molar-refractivity contribution in [3.63, 3.8) is 0 Å². The fourth-order valence-corrected chi connectivity index (χ4v) is 3.87. The van der Waals surface area contributed by atoms with E-state index in [9.17, 15) is 4.79 Å². The fourth-order valence-electron chi connectivity index (χ4n) is 2.72. The number of ether oxygens (including phenoxy) is 2. The third kappa shape index (κ3) is 5.19. The molecule has 3 aromatic rings. The van der Waals surface area contributed by atoms with Gasteiger partial charge in [-0.3, -0.25) is 4.79 Å². The summed E-state index contributed by atoms with van der Waals surface area (Å²) in [6.07, 6.45) is 0.380. The summed E-state index contributed by atoms with van der Waals surface area (Å²) in [6.45, 7) is 1.27. The Kier molecular flexibility index (Phi) is 7.19. The first-order valence-corrected chi connectivity index (χ1v) is 10.2. The van der Waals surface area contributed by atoms with Crippen LogP contribution in [0.1, 0.15) is 6.42 Å².